The van der Waals surface area contributed by atoms with Crippen molar-refractivity contribution < 1.29 is 24.2 Å². The van der Waals surface area contributed by atoms with Crippen LogP contribution in [0.3, 0.4) is 0 Å². The average Bonchev–Trinajstić information content (AvgIpc) is 3.78. The number of benzene rings is 2. The van der Waals surface area contributed by atoms with Gasteiger partial charge in [0.15, 0.2) is 11.4 Å². The van der Waals surface area contributed by atoms with Crippen LogP contribution >= 0.6 is 0 Å². The standard InChI is InChI=1S/C58H67N3O5/c1-33-24-39-19-20-45-41-27-36-30-60(32-41)46(37-13-3-2-4-14-37)29-47(62)53-56-22-21-42-44-28-40(49(33)51(42)52(39)61(45)31-36)26-35-12-7-11-34(25-35)10-5-6-18-48(57(44,56)55(64)65-53)58(56)43-17-8-15-38(16-9-23-59)50(43)54(63)66-58/h7-8,11-12,15,17,19-20,25,28,33,36-37,41,45-46,48-49,51,62H,2-6,9-10,13-14,16,18,21-24,26-27,29-32,59H2,1H3/b53-47+/t33-,36+,41-,45-,46+,48-,49-,51+,56+,57-,58+/m0/s1. The fourth-order valence-electron chi connectivity index (χ4n) is 18.2. The van der Waals surface area contributed by atoms with Crippen molar-refractivity contribution in [2.24, 2.45) is 58.0 Å². The van der Waals surface area contributed by atoms with Crippen LogP contribution in [-0.4, -0.2) is 65.1 Å². The summed E-state index contributed by atoms with van der Waals surface area (Å²) in [5.41, 5.74) is 15.0. The lowest BCUT2D eigenvalue weighted by molar-refractivity contribution is -0.276. The Bertz CT molecular complexity index is 2630. The Morgan fingerprint density at radius 2 is 1.77 bits per heavy atom. The van der Waals surface area contributed by atoms with Gasteiger partial charge in [-0.1, -0.05) is 104 Å². The van der Waals surface area contributed by atoms with Crippen LogP contribution in [0, 0.1) is 52.3 Å². The van der Waals surface area contributed by atoms with Gasteiger partial charge in [0, 0.05) is 55.2 Å². The zero-order valence-electron chi connectivity index (χ0n) is 38.9. The lowest BCUT2D eigenvalue weighted by atomic mass is 9.29. The molecular formula is C58H67N3O5. The molecule has 0 radical (unpaired) electrons. The van der Waals surface area contributed by atoms with Gasteiger partial charge in [-0.2, -0.15) is 0 Å². The van der Waals surface area contributed by atoms with Gasteiger partial charge in [-0.3, -0.25) is 9.69 Å². The Kier molecular flexibility index (Phi) is 8.97. The second kappa shape index (κ2) is 14.6. The van der Waals surface area contributed by atoms with Gasteiger partial charge >= 0.3 is 11.9 Å². The summed E-state index contributed by atoms with van der Waals surface area (Å²) in [6, 6.07) is 16.1. The molecule has 3 spiro atoms. The van der Waals surface area contributed by atoms with Crippen LogP contribution in [0.2, 0.25) is 0 Å². The molecule has 2 aromatic carbocycles. The molecule has 17 rings (SSSR count). The van der Waals surface area contributed by atoms with E-state index in [1.54, 1.807) is 5.70 Å². The summed E-state index contributed by atoms with van der Waals surface area (Å²) in [5, 5.41) is 13.4. The smallest absolute Gasteiger partial charge is 0.339 e. The van der Waals surface area contributed by atoms with Crippen LogP contribution in [0.1, 0.15) is 129 Å². The van der Waals surface area contributed by atoms with E-state index in [-0.39, 0.29) is 35.6 Å². The van der Waals surface area contributed by atoms with Gasteiger partial charge in [-0.25, -0.2) is 4.79 Å². The normalized spacial score (nSPS) is 41.5. The summed E-state index contributed by atoms with van der Waals surface area (Å²) in [5.74, 6) is 2.14. The summed E-state index contributed by atoms with van der Waals surface area (Å²) in [4.78, 5) is 36.9. The van der Waals surface area contributed by atoms with Gasteiger partial charge < -0.3 is 25.2 Å². The number of nitrogens with zero attached hydrogens (tertiary/aromatic N) is 2. The van der Waals surface area contributed by atoms with E-state index >= 15 is 4.79 Å². The molecular weight excluding hydrogens is 819 g/mol. The van der Waals surface area contributed by atoms with Crippen LogP contribution in [0.5, 0.6) is 0 Å². The van der Waals surface area contributed by atoms with Crippen molar-refractivity contribution in [1.82, 2.24) is 9.80 Å². The Balaban J connectivity index is 1.07. The molecule has 8 heteroatoms. The first-order valence-electron chi connectivity index (χ1n) is 26.4. The molecule has 0 amide bonds. The number of piperidine rings is 2. The van der Waals surface area contributed by atoms with E-state index in [2.05, 4.69) is 77.4 Å². The Morgan fingerprint density at radius 1 is 0.924 bits per heavy atom. The highest BCUT2D eigenvalue weighted by Gasteiger charge is 2.93. The average molecular weight is 886 g/mol. The van der Waals surface area contributed by atoms with Gasteiger partial charge in [0.1, 0.15) is 11.2 Å². The number of carbonyl (C=O) groups is 2. The first-order valence-corrected chi connectivity index (χ1v) is 26.4. The minimum absolute atomic E-state index is 0.140. The summed E-state index contributed by atoms with van der Waals surface area (Å²) < 4.78 is 14.3. The topological polar surface area (TPSA) is 105 Å². The molecule has 5 fully saturated rings. The number of hydrogen-bond acceptors (Lipinski definition) is 8. The molecule has 12 atom stereocenters. The number of hydrogen-bond donors (Lipinski definition) is 2. The number of carbonyl (C=O) groups excluding carboxylic acids is 2. The summed E-state index contributed by atoms with van der Waals surface area (Å²) in [6.07, 6.45) is 23.6. The highest BCUT2D eigenvalue weighted by molar-refractivity contribution is 6.00. The Hall–Kier alpha value is -4.40. The van der Waals surface area contributed by atoms with Crippen molar-refractivity contribution in [1.29, 1.82) is 0 Å². The third-order valence-electron chi connectivity index (χ3n) is 20.3. The lowest BCUT2D eigenvalue weighted by Gasteiger charge is -2.71. The van der Waals surface area contributed by atoms with Crippen molar-refractivity contribution in [2.75, 3.05) is 26.2 Å². The molecule has 8 nitrogen and oxygen atoms in total. The molecule has 15 bridgehead atoms. The third kappa shape index (κ3) is 5.09. The molecule has 344 valence electrons. The molecule has 1 unspecified atom stereocenters. The third-order valence-corrected chi connectivity index (χ3v) is 20.3. The molecule has 0 aromatic heterocycles. The maximum absolute atomic E-state index is 16.2. The fraction of sp³-hybridized carbons (Fsp3) is 0.586. The first kappa shape index (κ1) is 40.6. The van der Waals surface area contributed by atoms with E-state index in [0.29, 0.717) is 79.2 Å². The quantitative estimate of drug-likeness (QED) is 0.293. The number of allylic oxidation sites excluding steroid dienone is 5. The van der Waals surface area contributed by atoms with Gasteiger partial charge in [0.2, 0.25) is 0 Å². The highest BCUT2D eigenvalue weighted by atomic mass is 16.6. The number of fused-ring (bicyclic) bond motifs is 6. The molecule has 2 saturated carbocycles. The van der Waals surface area contributed by atoms with E-state index < -0.39 is 16.4 Å². The van der Waals surface area contributed by atoms with Gasteiger partial charge in [0.25, 0.3) is 0 Å². The predicted molar refractivity (Wildman–Crippen MR) is 253 cm³/mol. The van der Waals surface area contributed by atoms with Crippen LogP contribution in [0.15, 0.2) is 100 Å². The lowest BCUT2D eigenvalue weighted by Crippen LogP contribution is -2.77. The number of nitrogens with two attached hydrogens (primary N) is 1. The molecule has 6 aliphatic carbocycles. The van der Waals surface area contributed by atoms with E-state index in [0.717, 1.165) is 94.1 Å². The van der Waals surface area contributed by atoms with Crippen molar-refractivity contribution in [2.45, 2.75) is 134 Å². The van der Waals surface area contributed by atoms with Crippen molar-refractivity contribution in [3.8, 4) is 0 Å². The van der Waals surface area contributed by atoms with E-state index in [9.17, 15) is 9.90 Å². The summed E-state index contributed by atoms with van der Waals surface area (Å²) in [7, 11) is 0. The van der Waals surface area contributed by atoms with Crippen LogP contribution in [0.4, 0.5) is 0 Å². The number of rotatable bonds is 4. The second-order valence-electron chi connectivity index (χ2n) is 23.3. The van der Waals surface area contributed by atoms with Gasteiger partial charge in [0.05, 0.1) is 17.0 Å². The van der Waals surface area contributed by atoms with E-state index in [4.69, 9.17) is 15.2 Å². The fourth-order valence-corrected chi connectivity index (χ4v) is 18.2. The largest absolute Gasteiger partial charge is 0.509 e. The minimum atomic E-state index is -1.17. The molecule has 2 aromatic rings. The van der Waals surface area contributed by atoms with Gasteiger partial charge in [-0.05, 0) is 141 Å². The predicted octanol–water partition coefficient (Wildman–Crippen LogP) is 9.94. The first-order chi connectivity index (χ1) is 32.3. The Morgan fingerprint density at radius 3 is 2.65 bits per heavy atom. The molecule has 15 aliphatic rings. The van der Waals surface area contributed by atoms with E-state index in [1.165, 1.54) is 53.5 Å². The SMILES string of the molecule is C[C@H]1CC2=C3[C@@H]4C5=C6C=C(Cc7cccc(c7)CCCC[C@H]7[C@]68C(=O)O/C(=C(/O)C[C@H](C6CCCCC6)N6C[C@H]9C[C@@H](C6)[C@H](C=C2)N3C9)[C@@]8(CC5)[C@]72OC(=O)c3c(CCCN)cccc32)[C@@H]41. The maximum atomic E-state index is 16.2. The number of esters is 2. The molecule has 9 aliphatic heterocycles. The Labute approximate surface area is 390 Å². The number of aryl methyl sites for hydroxylation is 2. The zero-order chi connectivity index (χ0) is 44.3. The molecule has 66 heavy (non-hydrogen) atoms. The minimum Gasteiger partial charge on any atom is -0.509 e. The monoisotopic (exact) mass is 886 g/mol. The summed E-state index contributed by atoms with van der Waals surface area (Å²) in [6.45, 7) is 6.15. The molecule has 9 heterocycles. The second-order valence-corrected chi connectivity index (χ2v) is 23.3. The van der Waals surface area contributed by atoms with Crippen LogP contribution in [-0.2, 0) is 39.1 Å². The number of aliphatic hydroxyl groups is 1. The van der Waals surface area contributed by atoms with Crippen molar-refractivity contribution >= 4 is 11.9 Å². The summed E-state index contributed by atoms with van der Waals surface area (Å²) >= 11 is 0. The van der Waals surface area contributed by atoms with E-state index in [1.807, 2.05) is 0 Å². The number of aliphatic hydroxyl groups excluding tert-OH is 1. The van der Waals surface area contributed by atoms with Crippen LogP contribution in [0.25, 0.3) is 0 Å². The highest BCUT2D eigenvalue weighted by Crippen LogP contribution is 2.87. The van der Waals surface area contributed by atoms with Crippen molar-refractivity contribution in [3.05, 3.63) is 128 Å². The van der Waals surface area contributed by atoms with Crippen molar-refractivity contribution in [3.63, 3.8) is 0 Å². The van der Waals surface area contributed by atoms with Gasteiger partial charge in [-0.15, -0.1) is 0 Å². The zero-order valence-corrected chi connectivity index (χ0v) is 38.9. The van der Waals surface area contributed by atoms with Crippen LogP contribution < -0.4 is 5.73 Å². The molecule has 3 saturated heterocycles. The number of ether oxygens (including phenoxy) is 2. The molecule has 3 N–H and O–H groups in total. The maximum Gasteiger partial charge on any atom is 0.339 e.